The van der Waals surface area contributed by atoms with Gasteiger partial charge in [0.15, 0.2) is 5.50 Å². The molecule has 9 heteroatoms. The van der Waals surface area contributed by atoms with Crippen molar-refractivity contribution in [3.63, 3.8) is 0 Å². The molecule has 0 aliphatic carbocycles. The van der Waals surface area contributed by atoms with Crippen LogP contribution in [0.15, 0.2) is 53.8 Å². The molecule has 0 bridgehead atoms. The largest absolute Gasteiger partial charge is 0.497 e. The molecule has 0 spiro atoms. The van der Waals surface area contributed by atoms with Gasteiger partial charge >= 0.3 is 5.69 Å². The normalized spacial score (nSPS) is 18.1. The molecule has 26 heavy (non-hydrogen) atoms. The van der Waals surface area contributed by atoms with E-state index in [2.05, 4.69) is 10.4 Å². The molecule has 2 aromatic carbocycles. The van der Waals surface area contributed by atoms with E-state index >= 15 is 0 Å². The zero-order chi connectivity index (χ0) is 18.3. The first-order chi connectivity index (χ1) is 12.5. The highest BCUT2D eigenvalue weighted by Gasteiger charge is 2.33. The first-order valence-corrected chi connectivity index (χ1v) is 8.54. The summed E-state index contributed by atoms with van der Waals surface area (Å²) in [4.78, 5) is 10.2. The molecule has 0 fully saturated rings. The van der Waals surface area contributed by atoms with Crippen molar-refractivity contribution in [1.29, 1.82) is 0 Å². The van der Waals surface area contributed by atoms with Crippen LogP contribution in [0, 0.1) is 15.9 Å². The van der Waals surface area contributed by atoms with Gasteiger partial charge < -0.3 is 10.1 Å². The minimum atomic E-state index is -0.859. The smallest absolute Gasteiger partial charge is 0.305 e. The van der Waals surface area contributed by atoms with Crippen LogP contribution in [-0.4, -0.2) is 27.6 Å². The van der Waals surface area contributed by atoms with Gasteiger partial charge in [0.05, 0.1) is 23.9 Å². The lowest BCUT2D eigenvalue weighted by Crippen LogP contribution is -2.26. The van der Waals surface area contributed by atoms with E-state index in [1.807, 2.05) is 30.5 Å². The first-order valence-electron chi connectivity index (χ1n) is 7.66. The fraction of sp³-hybridized carbons (Fsp3) is 0.118. The van der Waals surface area contributed by atoms with Gasteiger partial charge in [-0.05, 0) is 42.0 Å². The van der Waals surface area contributed by atoms with Crippen molar-refractivity contribution in [2.45, 2.75) is 5.50 Å². The highest BCUT2D eigenvalue weighted by Crippen LogP contribution is 2.36. The Morgan fingerprint density at radius 3 is 2.65 bits per heavy atom. The summed E-state index contributed by atoms with van der Waals surface area (Å²) >= 11 is 1.41. The summed E-state index contributed by atoms with van der Waals surface area (Å²) in [5.74, 6) is -0.0805. The average molecular weight is 372 g/mol. The first kappa shape index (κ1) is 16.4. The number of nitro groups is 1. The number of ether oxygens (including phenoxy) is 1. The lowest BCUT2D eigenvalue weighted by Gasteiger charge is -2.12. The standard InChI is InChI=1S/C17H13FN4O3S/c1-25-12-5-2-10(3-6-12)14-9-21-17(19-14)26-16(20-21)11-4-7-13(18)15(8-11)22(23)24/h2-9,17,19H,1H3. The van der Waals surface area contributed by atoms with E-state index in [4.69, 9.17) is 4.74 Å². The zero-order valence-corrected chi connectivity index (χ0v) is 14.4. The lowest BCUT2D eigenvalue weighted by atomic mass is 10.1. The van der Waals surface area contributed by atoms with Gasteiger partial charge in [-0.2, -0.15) is 9.49 Å². The zero-order valence-electron chi connectivity index (χ0n) is 13.5. The summed E-state index contributed by atoms with van der Waals surface area (Å²) in [6.07, 6.45) is 1.87. The molecule has 0 saturated heterocycles. The minimum absolute atomic E-state index is 0.147. The number of nitrogens with zero attached hydrogens (tertiary/aromatic N) is 3. The number of benzene rings is 2. The van der Waals surface area contributed by atoms with Gasteiger partial charge in [0.25, 0.3) is 0 Å². The van der Waals surface area contributed by atoms with Crippen molar-refractivity contribution in [2.75, 3.05) is 7.11 Å². The Morgan fingerprint density at radius 2 is 2.00 bits per heavy atom. The number of rotatable bonds is 4. The maximum absolute atomic E-state index is 13.5. The third-order valence-corrected chi connectivity index (χ3v) is 5.10. The summed E-state index contributed by atoms with van der Waals surface area (Å²) in [6.45, 7) is 0. The van der Waals surface area contributed by atoms with E-state index in [0.29, 0.717) is 10.6 Å². The number of halogens is 1. The van der Waals surface area contributed by atoms with Crippen molar-refractivity contribution in [3.05, 3.63) is 75.7 Å². The van der Waals surface area contributed by atoms with E-state index in [9.17, 15) is 14.5 Å². The second-order valence-electron chi connectivity index (χ2n) is 5.59. The predicted molar refractivity (Wildman–Crippen MR) is 96.9 cm³/mol. The molecule has 1 atom stereocenters. The lowest BCUT2D eigenvalue weighted by molar-refractivity contribution is -0.387. The molecule has 2 aliphatic rings. The van der Waals surface area contributed by atoms with Crippen molar-refractivity contribution >= 4 is 28.2 Å². The Balaban J connectivity index is 1.58. The van der Waals surface area contributed by atoms with E-state index < -0.39 is 16.4 Å². The molecule has 0 radical (unpaired) electrons. The van der Waals surface area contributed by atoms with Gasteiger partial charge in [-0.1, -0.05) is 11.8 Å². The Kier molecular flexibility index (Phi) is 4.00. The number of hydrogen-bond donors (Lipinski definition) is 1. The molecule has 0 saturated carbocycles. The summed E-state index contributed by atoms with van der Waals surface area (Å²) in [7, 11) is 1.62. The number of thioether (sulfide) groups is 1. The molecule has 2 heterocycles. The van der Waals surface area contributed by atoms with Crippen LogP contribution < -0.4 is 10.1 Å². The fourth-order valence-corrected chi connectivity index (χ4v) is 3.69. The van der Waals surface area contributed by atoms with E-state index in [1.165, 1.54) is 23.9 Å². The topological polar surface area (TPSA) is 80.0 Å². The molecular formula is C17H13FN4O3S. The van der Waals surface area contributed by atoms with Gasteiger partial charge in [0.1, 0.15) is 10.8 Å². The highest BCUT2D eigenvalue weighted by molar-refractivity contribution is 8.15. The van der Waals surface area contributed by atoms with E-state index in [1.54, 1.807) is 12.1 Å². The molecule has 1 unspecified atom stereocenters. The molecule has 0 aromatic heterocycles. The van der Waals surface area contributed by atoms with Crippen LogP contribution in [0.25, 0.3) is 5.70 Å². The molecule has 0 amide bonds. The van der Waals surface area contributed by atoms with Crippen molar-refractivity contribution in [1.82, 2.24) is 10.3 Å². The van der Waals surface area contributed by atoms with Gasteiger partial charge in [0.2, 0.25) is 5.82 Å². The van der Waals surface area contributed by atoms with Gasteiger partial charge in [-0.25, -0.2) is 5.01 Å². The number of fused-ring (bicyclic) bond motifs is 1. The van der Waals surface area contributed by atoms with Crippen LogP contribution in [0.4, 0.5) is 10.1 Å². The SMILES string of the molecule is COc1ccc(C2=CN3N=C(c4ccc(F)c([N+](=O)[O-])c4)SC3N2)cc1. The molecule has 4 rings (SSSR count). The van der Waals surface area contributed by atoms with Gasteiger partial charge in [-0.15, -0.1) is 0 Å². The fourth-order valence-electron chi connectivity index (χ4n) is 2.68. The minimum Gasteiger partial charge on any atom is -0.497 e. The Labute approximate surface area is 152 Å². The predicted octanol–water partition coefficient (Wildman–Crippen LogP) is 3.34. The maximum atomic E-state index is 13.5. The molecule has 2 aromatic rings. The second-order valence-corrected chi connectivity index (χ2v) is 6.66. The average Bonchev–Trinajstić information content (AvgIpc) is 3.21. The molecule has 132 valence electrons. The Bertz CT molecular complexity index is 946. The monoisotopic (exact) mass is 372 g/mol. The van der Waals surface area contributed by atoms with E-state index in [0.717, 1.165) is 23.1 Å². The van der Waals surface area contributed by atoms with Gasteiger partial charge in [0, 0.05) is 11.6 Å². The second kappa shape index (κ2) is 6.34. The van der Waals surface area contributed by atoms with Crippen LogP contribution in [0.2, 0.25) is 0 Å². The third kappa shape index (κ3) is 2.86. The van der Waals surface area contributed by atoms with Crippen LogP contribution in [0.5, 0.6) is 5.75 Å². The van der Waals surface area contributed by atoms with Gasteiger partial charge in [-0.3, -0.25) is 10.1 Å². The number of hydrazone groups is 1. The van der Waals surface area contributed by atoms with Crippen LogP contribution >= 0.6 is 11.8 Å². The maximum Gasteiger partial charge on any atom is 0.305 e. The number of hydrogen-bond acceptors (Lipinski definition) is 7. The molecular weight excluding hydrogens is 359 g/mol. The summed E-state index contributed by atoms with van der Waals surface area (Å²) in [5.41, 5.74) is 1.72. The van der Waals surface area contributed by atoms with E-state index in [-0.39, 0.29) is 5.50 Å². The molecule has 2 aliphatic heterocycles. The Morgan fingerprint density at radius 1 is 1.27 bits per heavy atom. The van der Waals surface area contributed by atoms with Crippen LogP contribution in [0.3, 0.4) is 0 Å². The van der Waals surface area contributed by atoms with Crippen molar-refractivity contribution in [2.24, 2.45) is 5.10 Å². The highest BCUT2D eigenvalue weighted by atomic mass is 32.2. The number of methoxy groups -OCH3 is 1. The van der Waals surface area contributed by atoms with Crippen LogP contribution in [0.1, 0.15) is 11.1 Å². The van der Waals surface area contributed by atoms with Crippen LogP contribution in [-0.2, 0) is 0 Å². The summed E-state index contributed by atoms with van der Waals surface area (Å²) in [5, 5.41) is 21.1. The van der Waals surface area contributed by atoms with Crippen molar-refractivity contribution < 1.29 is 14.1 Å². The molecule has 7 nitrogen and oxygen atoms in total. The third-order valence-electron chi connectivity index (χ3n) is 4.00. The Hall–Kier alpha value is -3.07. The van der Waals surface area contributed by atoms with Crippen molar-refractivity contribution in [3.8, 4) is 5.75 Å². The summed E-state index contributed by atoms with van der Waals surface area (Å²) < 4.78 is 18.7. The number of nitro benzene ring substituents is 1. The quantitative estimate of drug-likeness (QED) is 0.655. The molecule has 1 N–H and O–H groups in total. The summed E-state index contributed by atoms with van der Waals surface area (Å²) in [6, 6.07) is 11.4. The number of nitrogens with one attached hydrogen (secondary N) is 1.